The van der Waals surface area contributed by atoms with E-state index in [1.165, 1.54) is 18.1 Å². The van der Waals surface area contributed by atoms with Crippen molar-refractivity contribution >= 4 is 6.29 Å². The molecule has 12 heavy (non-hydrogen) atoms. The van der Waals surface area contributed by atoms with E-state index in [4.69, 9.17) is 4.79 Å². The summed E-state index contributed by atoms with van der Waals surface area (Å²) in [5.74, 6) is 0. The van der Waals surface area contributed by atoms with Crippen molar-refractivity contribution in [3.63, 3.8) is 0 Å². The van der Waals surface area contributed by atoms with Gasteiger partial charge in [0.15, 0.2) is 0 Å². The highest BCUT2D eigenvalue weighted by atomic mass is 16.1. The Morgan fingerprint density at radius 3 is 2.17 bits per heavy atom. The molecule has 0 amide bonds. The molecular formula is C11H16O. The molecule has 0 saturated carbocycles. The average molecular weight is 164 g/mol. The van der Waals surface area contributed by atoms with Crippen molar-refractivity contribution in [2.75, 3.05) is 0 Å². The lowest BCUT2D eigenvalue weighted by Gasteiger charge is -1.98. The first kappa shape index (κ1) is 10.9. The van der Waals surface area contributed by atoms with Crippen LogP contribution in [-0.4, -0.2) is 6.29 Å². The van der Waals surface area contributed by atoms with Gasteiger partial charge in [0.2, 0.25) is 0 Å². The fourth-order valence-corrected chi connectivity index (χ4v) is 1.01. The van der Waals surface area contributed by atoms with Gasteiger partial charge >= 0.3 is 0 Å². The summed E-state index contributed by atoms with van der Waals surface area (Å²) < 4.78 is 0. The van der Waals surface area contributed by atoms with Crippen molar-refractivity contribution in [2.45, 2.75) is 27.2 Å². The number of aryl methyl sites for hydroxylation is 2. The number of hydrogen-bond donors (Lipinski definition) is 0. The Balaban J connectivity index is 0.000000354. The van der Waals surface area contributed by atoms with Crippen LogP contribution in [0.15, 0.2) is 24.3 Å². The number of aldehydes is 1. The standard InChI is InChI=1S/C9H12.C2H4O/c1-3-9-7-5-4-6-8(9)2;1-2-3/h4-7H,3H2,1-2H3;2H,1H3. The predicted molar refractivity (Wildman–Crippen MR) is 52.3 cm³/mol. The lowest BCUT2D eigenvalue weighted by Crippen LogP contribution is -1.82. The van der Waals surface area contributed by atoms with Gasteiger partial charge in [0.05, 0.1) is 0 Å². The zero-order valence-corrected chi connectivity index (χ0v) is 8.00. The Hall–Kier alpha value is -1.11. The first-order valence-electron chi connectivity index (χ1n) is 4.20. The smallest absolute Gasteiger partial charge is 0.116 e. The molecule has 1 rings (SSSR count). The number of hydrogen-bond acceptors (Lipinski definition) is 1. The zero-order valence-electron chi connectivity index (χ0n) is 8.00. The molecule has 0 aliphatic heterocycles. The average Bonchev–Trinajstić information content (AvgIpc) is 2.07. The fraction of sp³-hybridized carbons (Fsp3) is 0.364. The van der Waals surface area contributed by atoms with Crippen LogP contribution in [0.1, 0.15) is 25.0 Å². The Bertz CT molecular complexity index is 228. The summed E-state index contributed by atoms with van der Waals surface area (Å²) in [7, 11) is 0. The van der Waals surface area contributed by atoms with Gasteiger partial charge in [-0.05, 0) is 31.4 Å². The Kier molecular flexibility index (Phi) is 5.98. The SMILES string of the molecule is CC=O.CCc1ccccc1C. The molecule has 1 aromatic rings. The van der Waals surface area contributed by atoms with Crippen molar-refractivity contribution in [2.24, 2.45) is 0 Å². The van der Waals surface area contributed by atoms with E-state index >= 15 is 0 Å². The van der Waals surface area contributed by atoms with Crippen LogP contribution < -0.4 is 0 Å². The topological polar surface area (TPSA) is 17.1 Å². The van der Waals surface area contributed by atoms with Gasteiger partial charge in [-0.2, -0.15) is 0 Å². The minimum absolute atomic E-state index is 0.750. The van der Waals surface area contributed by atoms with Crippen LogP contribution in [0, 0.1) is 6.92 Å². The van der Waals surface area contributed by atoms with Crippen LogP contribution in [0.2, 0.25) is 0 Å². The molecule has 0 N–H and O–H groups in total. The van der Waals surface area contributed by atoms with Crippen LogP contribution in [0.25, 0.3) is 0 Å². The van der Waals surface area contributed by atoms with Gasteiger partial charge in [-0.15, -0.1) is 0 Å². The predicted octanol–water partition coefficient (Wildman–Crippen LogP) is 2.76. The molecule has 0 saturated heterocycles. The first-order valence-corrected chi connectivity index (χ1v) is 4.20. The first-order chi connectivity index (χ1) is 5.76. The molecule has 0 spiro atoms. The van der Waals surface area contributed by atoms with Crippen molar-refractivity contribution in [3.05, 3.63) is 35.4 Å². The largest absolute Gasteiger partial charge is 0.304 e. The molecule has 0 bridgehead atoms. The number of carbonyl (C=O) groups excluding carboxylic acids is 1. The lowest BCUT2D eigenvalue weighted by atomic mass is 10.1. The molecule has 0 aliphatic rings. The normalized spacial score (nSPS) is 8.25. The van der Waals surface area contributed by atoms with Crippen LogP contribution in [0.4, 0.5) is 0 Å². The van der Waals surface area contributed by atoms with E-state index in [2.05, 4.69) is 38.1 Å². The minimum Gasteiger partial charge on any atom is -0.304 e. The third-order valence-electron chi connectivity index (χ3n) is 1.64. The Morgan fingerprint density at radius 1 is 1.33 bits per heavy atom. The van der Waals surface area contributed by atoms with Crippen molar-refractivity contribution in [3.8, 4) is 0 Å². The van der Waals surface area contributed by atoms with E-state index in [1.54, 1.807) is 0 Å². The molecule has 0 aromatic heterocycles. The molecular weight excluding hydrogens is 148 g/mol. The summed E-state index contributed by atoms with van der Waals surface area (Å²) in [4.78, 5) is 8.81. The number of rotatable bonds is 1. The second-order valence-corrected chi connectivity index (χ2v) is 2.52. The summed E-state index contributed by atoms with van der Waals surface area (Å²) in [5.41, 5.74) is 2.86. The lowest BCUT2D eigenvalue weighted by molar-refractivity contribution is -0.106. The molecule has 1 nitrogen and oxygen atoms in total. The van der Waals surface area contributed by atoms with Crippen LogP contribution in [0.5, 0.6) is 0 Å². The highest BCUT2D eigenvalue weighted by Gasteiger charge is 1.89. The fourth-order valence-electron chi connectivity index (χ4n) is 1.01. The summed E-state index contributed by atoms with van der Waals surface area (Å²) >= 11 is 0. The third kappa shape index (κ3) is 3.91. The second kappa shape index (κ2) is 6.59. The molecule has 0 aliphatic carbocycles. The van der Waals surface area contributed by atoms with E-state index in [1.807, 2.05) is 0 Å². The quantitative estimate of drug-likeness (QED) is 0.583. The van der Waals surface area contributed by atoms with Crippen LogP contribution >= 0.6 is 0 Å². The molecule has 0 fully saturated rings. The molecule has 0 radical (unpaired) electrons. The van der Waals surface area contributed by atoms with Gasteiger partial charge in [-0.1, -0.05) is 31.2 Å². The van der Waals surface area contributed by atoms with E-state index in [9.17, 15) is 0 Å². The van der Waals surface area contributed by atoms with Crippen molar-refractivity contribution in [1.29, 1.82) is 0 Å². The summed E-state index contributed by atoms with van der Waals surface area (Å²) in [6.07, 6.45) is 1.90. The molecule has 66 valence electrons. The second-order valence-electron chi connectivity index (χ2n) is 2.52. The summed E-state index contributed by atoms with van der Waals surface area (Å²) in [5, 5.41) is 0. The Labute approximate surface area is 74.4 Å². The maximum absolute atomic E-state index is 8.81. The van der Waals surface area contributed by atoms with E-state index in [0.29, 0.717) is 0 Å². The van der Waals surface area contributed by atoms with Crippen LogP contribution in [0.3, 0.4) is 0 Å². The zero-order chi connectivity index (χ0) is 9.40. The highest BCUT2D eigenvalue weighted by molar-refractivity contribution is 5.44. The van der Waals surface area contributed by atoms with E-state index < -0.39 is 0 Å². The number of benzene rings is 1. The molecule has 0 heterocycles. The van der Waals surface area contributed by atoms with Gasteiger partial charge in [-0.3, -0.25) is 0 Å². The molecule has 0 unspecified atom stereocenters. The summed E-state index contributed by atoms with van der Waals surface area (Å²) in [6.45, 7) is 5.78. The van der Waals surface area contributed by atoms with E-state index in [-0.39, 0.29) is 0 Å². The van der Waals surface area contributed by atoms with Crippen LogP contribution in [-0.2, 0) is 11.2 Å². The number of carbonyl (C=O) groups is 1. The Morgan fingerprint density at radius 2 is 1.83 bits per heavy atom. The van der Waals surface area contributed by atoms with Gasteiger partial charge in [0, 0.05) is 0 Å². The maximum atomic E-state index is 8.81. The minimum atomic E-state index is 0.750. The van der Waals surface area contributed by atoms with Gasteiger partial charge in [0.25, 0.3) is 0 Å². The highest BCUT2D eigenvalue weighted by Crippen LogP contribution is 2.06. The molecule has 1 heteroatoms. The monoisotopic (exact) mass is 164 g/mol. The van der Waals surface area contributed by atoms with Crippen molar-refractivity contribution in [1.82, 2.24) is 0 Å². The third-order valence-corrected chi connectivity index (χ3v) is 1.64. The van der Waals surface area contributed by atoms with Gasteiger partial charge < -0.3 is 4.79 Å². The molecule has 0 atom stereocenters. The molecule has 1 aromatic carbocycles. The maximum Gasteiger partial charge on any atom is 0.116 e. The van der Waals surface area contributed by atoms with Gasteiger partial charge in [0.1, 0.15) is 6.29 Å². The van der Waals surface area contributed by atoms with E-state index in [0.717, 1.165) is 12.7 Å². The van der Waals surface area contributed by atoms with Gasteiger partial charge in [-0.25, -0.2) is 0 Å². The van der Waals surface area contributed by atoms with Crippen molar-refractivity contribution < 1.29 is 4.79 Å². The summed E-state index contributed by atoms with van der Waals surface area (Å²) in [6, 6.07) is 8.49.